The maximum Gasteiger partial charge on any atom is 0.380 e. The molecule has 0 amide bonds. The number of aliphatic hydroxyl groups is 1. The third kappa shape index (κ3) is 6.01. The Labute approximate surface area is 208 Å². The van der Waals surface area contributed by atoms with Crippen LogP contribution in [0.1, 0.15) is 33.4 Å². The van der Waals surface area contributed by atoms with Crippen LogP contribution in [0.3, 0.4) is 0 Å². The van der Waals surface area contributed by atoms with Gasteiger partial charge in [-0.3, -0.25) is 13.9 Å². The highest BCUT2D eigenvalue weighted by Gasteiger charge is 2.39. The molecule has 2 aromatic heterocycles. The molecule has 0 aliphatic carbocycles. The highest BCUT2D eigenvalue weighted by Crippen LogP contribution is 2.50. The van der Waals surface area contributed by atoms with E-state index in [4.69, 9.17) is 24.3 Å². The highest BCUT2D eigenvalue weighted by atomic mass is 31.2. The van der Waals surface area contributed by atoms with Crippen molar-refractivity contribution in [2.24, 2.45) is 5.92 Å². The molecule has 5 atom stereocenters. The van der Waals surface area contributed by atoms with Crippen molar-refractivity contribution in [1.29, 1.82) is 0 Å². The summed E-state index contributed by atoms with van der Waals surface area (Å²) in [5.41, 5.74) is 6.67. The Morgan fingerprint density at radius 1 is 1.25 bits per heavy atom. The molecule has 0 spiro atoms. The third-order valence-corrected chi connectivity index (χ3v) is 7.55. The number of nitrogen functional groups attached to an aromatic ring is 1. The minimum atomic E-state index is -3.81. The van der Waals surface area contributed by atoms with Crippen LogP contribution in [0.2, 0.25) is 0 Å². The normalized spacial score (nSPS) is 22.4. The second-order valence-electron chi connectivity index (χ2n) is 8.91. The number of carbonyl (C=O) groups is 1. The van der Waals surface area contributed by atoms with Gasteiger partial charge in [0, 0.05) is 6.42 Å². The Hall–Kier alpha value is -3.05. The lowest BCUT2D eigenvalue weighted by atomic mass is 10.2. The van der Waals surface area contributed by atoms with Crippen LogP contribution in [0, 0.1) is 5.92 Å². The molecule has 1 aliphatic heterocycles. The number of nitrogens with zero attached hydrogens (tertiary/aromatic N) is 4. The number of hydrogen-bond donors (Lipinski definition) is 2. The number of para-hydroxylation sites is 1. The molecule has 1 aliphatic rings. The number of aliphatic hydroxyl groups excluding tert-OH is 1. The first kappa shape index (κ1) is 26.0. The second-order valence-corrected chi connectivity index (χ2v) is 10.9. The van der Waals surface area contributed by atoms with Crippen LogP contribution in [-0.4, -0.2) is 61.7 Å². The Kier molecular flexibility index (Phi) is 7.89. The minimum Gasteiger partial charge on any atom is -0.463 e. The van der Waals surface area contributed by atoms with Crippen molar-refractivity contribution >= 4 is 30.5 Å². The number of benzene rings is 1. The molecule has 0 radical (unpaired) electrons. The Bertz CT molecular complexity index is 1240. The molecule has 4 rings (SSSR count). The van der Waals surface area contributed by atoms with Crippen LogP contribution in [0.5, 0.6) is 5.75 Å². The van der Waals surface area contributed by atoms with Crippen molar-refractivity contribution in [3.05, 3.63) is 43.0 Å². The van der Waals surface area contributed by atoms with Gasteiger partial charge in [0.05, 0.1) is 37.2 Å². The van der Waals surface area contributed by atoms with Gasteiger partial charge in [0.15, 0.2) is 17.7 Å². The maximum atomic E-state index is 13.7. The number of esters is 1. The van der Waals surface area contributed by atoms with Crippen molar-refractivity contribution in [3.63, 3.8) is 0 Å². The first-order valence-electron chi connectivity index (χ1n) is 11.6. The average Bonchev–Trinajstić information content (AvgIpc) is 3.41. The van der Waals surface area contributed by atoms with E-state index in [2.05, 4.69) is 15.0 Å². The molecule has 0 saturated carbocycles. The van der Waals surface area contributed by atoms with Gasteiger partial charge >= 0.3 is 13.6 Å². The molecule has 0 bridgehead atoms. The van der Waals surface area contributed by atoms with Gasteiger partial charge < -0.3 is 24.8 Å². The van der Waals surface area contributed by atoms with Crippen molar-refractivity contribution in [2.45, 2.75) is 51.7 Å². The zero-order valence-corrected chi connectivity index (χ0v) is 21.2. The Morgan fingerprint density at radius 2 is 2.00 bits per heavy atom. The SMILES string of the molecule is CC(C)OC(=O)[C@H](C)CP(=O)(OC[C@@H]1CC(O)[C@H](n2cnc3c(N)ncnc32)O1)Oc1ccccc1. The molecular weight excluding hydrogens is 489 g/mol. The van der Waals surface area contributed by atoms with Crippen LogP contribution in [-0.2, 0) is 23.4 Å². The van der Waals surface area contributed by atoms with Gasteiger partial charge in [0.1, 0.15) is 23.7 Å². The zero-order chi connectivity index (χ0) is 25.9. The van der Waals surface area contributed by atoms with Crippen molar-refractivity contribution in [3.8, 4) is 5.75 Å². The molecule has 12 nitrogen and oxygen atoms in total. The summed E-state index contributed by atoms with van der Waals surface area (Å²) in [7, 11) is -3.81. The number of aromatic nitrogens is 4. The van der Waals surface area contributed by atoms with Crippen molar-refractivity contribution in [1.82, 2.24) is 19.5 Å². The monoisotopic (exact) mass is 519 g/mol. The Morgan fingerprint density at radius 3 is 2.72 bits per heavy atom. The van der Waals surface area contributed by atoms with Crippen LogP contribution in [0.4, 0.5) is 5.82 Å². The van der Waals surface area contributed by atoms with E-state index in [0.717, 1.165) is 0 Å². The fourth-order valence-electron chi connectivity index (χ4n) is 3.86. The number of ether oxygens (including phenoxy) is 2. The fraction of sp³-hybridized carbons (Fsp3) is 0.478. The number of hydrogen-bond acceptors (Lipinski definition) is 11. The van der Waals surface area contributed by atoms with Crippen LogP contribution in [0.25, 0.3) is 11.2 Å². The zero-order valence-electron chi connectivity index (χ0n) is 20.3. The lowest BCUT2D eigenvalue weighted by Crippen LogP contribution is -2.24. The molecule has 36 heavy (non-hydrogen) atoms. The summed E-state index contributed by atoms with van der Waals surface area (Å²) < 4.78 is 38.1. The molecule has 3 N–H and O–H groups in total. The van der Waals surface area contributed by atoms with Gasteiger partial charge in [-0.2, -0.15) is 0 Å². The Balaban J connectivity index is 1.46. The first-order valence-corrected chi connectivity index (χ1v) is 13.3. The van der Waals surface area contributed by atoms with E-state index < -0.39 is 37.9 Å². The predicted octanol–water partition coefficient (Wildman–Crippen LogP) is 2.93. The highest BCUT2D eigenvalue weighted by molar-refractivity contribution is 7.54. The molecule has 194 valence electrons. The van der Waals surface area contributed by atoms with Gasteiger partial charge in [-0.15, -0.1) is 0 Å². The van der Waals surface area contributed by atoms with E-state index in [1.165, 1.54) is 12.7 Å². The molecule has 13 heteroatoms. The molecule has 2 unspecified atom stereocenters. The minimum absolute atomic E-state index is 0.132. The van der Waals surface area contributed by atoms with Gasteiger partial charge in [0.2, 0.25) is 0 Å². The second kappa shape index (κ2) is 10.9. The van der Waals surface area contributed by atoms with Gasteiger partial charge in [-0.1, -0.05) is 25.1 Å². The average molecular weight is 519 g/mol. The summed E-state index contributed by atoms with van der Waals surface area (Å²) in [5.74, 6) is -0.661. The fourth-order valence-corrected chi connectivity index (χ4v) is 5.75. The van der Waals surface area contributed by atoms with E-state index in [-0.39, 0.29) is 31.1 Å². The summed E-state index contributed by atoms with van der Waals surface area (Å²) in [6.07, 6.45) is 0.190. The molecule has 1 fully saturated rings. The number of carbonyl (C=O) groups excluding carboxylic acids is 1. The summed E-state index contributed by atoms with van der Waals surface area (Å²) in [4.78, 5) is 24.7. The molecule has 1 aromatic carbocycles. The van der Waals surface area contributed by atoms with Crippen LogP contribution >= 0.6 is 7.60 Å². The standard InChI is InChI=1S/C23H30N5O7P/c1-14(2)33-23(30)15(3)11-36(31,35-16-7-5-4-6-8-16)32-10-17-9-18(29)22(34-17)28-13-27-19-20(24)25-12-26-21(19)28/h4-8,12-15,17-18,22,29H,9-11H2,1-3H3,(H2,24,25,26)/t15-,17+,18?,22-,36?/m1/s1. The third-order valence-electron chi connectivity index (χ3n) is 5.52. The summed E-state index contributed by atoms with van der Waals surface area (Å²) in [5, 5.41) is 10.7. The number of imidazole rings is 1. The van der Waals surface area contributed by atoms with E-state index in [0.29, 0.717) is 16.9 Å². The van der Waals surface area contributed by atoms with E-state index in [9.17, 15) is 14.5 Å². The number of anilines is 1. The number of nitrogens with two attached hydrogens (primary N) is 1. The molecular formula is C23H30N5O7P. The maximum absolute atomic E-state index is 13.7. The molecule has 1 saturated heterocycles. The van der Waals surface area contributed by atoms with Crippen molar-refractivity contribution < 1.29 is 33.0 Å². The summed E-state index contributed by atoms with van der Waals surface area (Å²) in [6, 6.07) is 8.58. The first-order chi connectivity index (χ1) is 17.1. The molecule has 3 heterocycles. The quantitative estimate of drug-likeness (QED) is 0.299. The van der Waals surface area contributed by atoms with Gasteiger partial charge in [-0.25, -0.2) is 19.5 Å². The predicted molar refractivity (Wildman–Crippen MR) is 130 cm³/mol. The summed E-state index contributed by atoms with van der Waals surface area (Å²) in [6.45, 7) is 4.96. The smallest absolute Gasteiger partial charge is 0.380 e. The van der Waals surface area contributed by atoms with E-state index >= 15 is 0 Å². The van der Waals surface area contributed by atoms with Crippen LogP contribution in [0.15, 0.2) is 43.0 Å². The largest absolute Gasteiger partial charge is 0.463 e. The van der Waals surface area contributed by atoms with Crippen molar-refractivity contribution in [2.75, 3.05) is 18.5 Å². The van der Waals surface area contributed by atoms with Crippen LogP contribution < -0.4 is 10.3 Å². The lowest BCUT2D eigenvalue weighted by molar-refractivity contribution is -0.151. The summed E-state index contributed by atoms with van der Waals surface area (Å²) >= 11 is 0. The van der Waals surface area contributed by atoms with Gasteiger partial charge in [-0.05, 0) is 26.0 Å². The molecule has 3 aromatic rings. The number of fused-ring (bicyclic) bond motifs is 1. The topological polar surface area (TPSA) is 161 Å². The van der Waals surface area contributed by atoms with E-state index in [1.54, 1.807) is 55.7 Å². The van der Waals surface area contributed by atoms with E-state index in [1.807, 2.05) is 0 Å². The van der Waals surface area contributed by atoms with Gasteiger partial charge in [0.25, 0.3) is 0 Å². The lowest BCUT2D eigenvalue weighted by Gasteiger charge is -2.24. The number of rotatable bonds is 10.